The summed E-state index contributed by atoms with van der Waals surface area (Å²) in [6, 6.07) is 1.63. The Labute approximate surface area is 109 Å². The molecule has 0 fully saturated rings. The van der Waals surface area contributed by atoms with E-state index >= 15 is 0 Å². The lowest BCUT2D eigenvalue weighted by molar-refractivity contribution is 0.102. The van der Waals surface area contributed by atoms with Gasteiger partial charge in [-0.15, -0.1) is 0 Å². The number of nitrogens with zero attached hydrogens (tertiary/aromatic N) is 2. The zero-order valence-electron chi connectivity index (χ0n) is 10.1. The van der Waals surface area contributed by atoms with Gasteiger partial charge in [0, 0.05) is 7.11 Å². The van der Waals surface area contributed by atoms with Gasteiger partial charge in [0.15, 0.2) is 0 Å². The van der Waals surface area contributed by atoms with Crippen molar-refractivity contribution in [3.63, 3.8) is 0 Å². The first-order valence-electron chi connectivity index (χ1n) is 5.44. The molecule has 0 aliphatic carbocycles. The maximum absolute atomic E-state index is 12.3. The third-order valence-corrected chi connectivity index (χ3v) is 2.90. The largest absolute Gasteiger partial charge is 0.469 e. The summed E-state index contributed by atoms with van der Waals surface area (Å²) in [7, 11) is 1.59. The number of hydrogen-bond acceptors (Lipinski definition) is 4. The van der Waals surface area contributed by atoms with Gasteiger partial charge in [0.2, 0.25) is 5.78 Å². The normalized spacial score (nSPS) is 10.8. The van der Waals surface area contributed by atoms with Crippen molar-refractivity contribution in [1.82, 2.24) is 9.78 Å². The van der Waals surface area contributed by atoms with Crippen molar-refractivity contribution in [3.8, 4) is 0 Å². The summed E-state index contributed by atoms with van der Waals surface area (Å²) in [6.45, 7) is 2.67. The molecule has 5 nitrogen and oxygen atoms in total. The first-order valence-corrected chi connectivity index (χ1v) is 5.82. The summed E-state index contributed by atoms with van der Waals surface area (Å²) in [4.78, 5) is 12.3. The van der Waals surface area contributed by atoms with Gasteiger partial charge in [-0.25, -0.2) is 0 Å². The van der Waals surface area contributed by atoms with Crippen LogP contribution in [0.15, 0.2) is 22.9 Å². The molecule has 0 amide bonds. The number of aryl methyl sites for hydroxylation is 1. The van der Waals surface area contributed by atoms with Gasteiger partial charge >= 0.3 is 0 Å². The van der Waals surface area contributed by atoms with Crippen LogP contribution in [0.4, 0.5) is 0 Å². The Morgan fingerprint density at radius 2 is 2.39 bits per heavy atom. The van der Waals surface area contributed by atoms with E-state index in [1.54, 1.807) is 24.8 Å². The molecule has 0 saturated heterocycles. The fourth-order valence-electron chi connectivity index (χ4n) is 1.68. The molecule has 0 saturated carbocycles. The van der Waals surface area contributed by atoms with Crippen LogP contribution in [-0.2, 0) is 11.3 Å². The fraction of sp³-hybridized carbons (Fsp3) is 0.333. The quantitative estimate of drug-likeness (QED) is 0.781. The SMILES string of the molecule is COCCn1ncc(Cl)c1C(=O)c1ccoc1C. The second-order valence-corrected chi connectivity index (χ2v) is 4.18. The summed E-state index contributed by atoms with van der Waals surface area (Å²) >= 11 is 6.01. The molecule has 96 valence electrons. The number of ketones is 1. The maximum Gasteiger partial charge on any atom is 0.216 e. The summed E-state index contributed by atoms with van der Waals surface area (Å²) in [5.74, 6) is 0.371. The van der Waals surface area contributed by atoms with Gasteiger partial charge in [-0.05, 0) is 13.0 Å². The van der Waals surface area contributed by atoms with Crippen molar-refractivity contribution in [2.75, 3.05) is 13.7 Å². The predicted octanol–water partition coefficient (Wildman–Crippen LogP) is 2.32. The fourth-order valence-corrected chi connectivity index (χ4v) is 1.91. The van der Waals surface area contributed by atoms with E-state index in [4.69, 9.17) is 20.8 Å². The minimum absolute atomic E-state index is 0.195. The molecule has 2 aromatic rings. The van der Waals surface area contributed by atoms with Crippen LogP contribution in [0.5, 0.6) is 0 Å². The van der Waals surface area contributed by atoms with E-state index in [0.29, 0.717) is 35.2 Å². The van der Waals surface area contributed by atoms with E-state index in [0.717, 1.165) is 0 Å². The molecule has 18 heavy (non-hydrogen) atoms. The van der Waals surface area contributed by atoms with Crippen molar-refractivity contribution in [3.05, 3.63) is 40.6 Å². The summed E-state index contributed by atoms with van der Waals surface area (Å²) in [6.07, 6.45) is 2.94. The Hall–Kier alpha value is -1.59. The second kappa shape index (κ2) is 5.37. The van der Waals surface area contributed by atoms with E-state index in [2.05, 4.69) is 5.10 Å². The molecule has 0 aliphatic heterocycles. The van der Waals surface area contributed by atoms with E-state index in [1.807, 2.05) is 0 Å². The highest BCUT2D eigenvalue weighted by Crippen LogP contribution is 2.21. The third kappa shape index (κ3) is 2.32. The number of furan rings is 1. The van der Waals surface area contributed by atoms with Gasteiger partial charge in [0.05, 0.1) is 36.2 Å². The number of halogens is 1. The molecule has 0 bridgehead atoms. The maximum atomic E-state index is 12.3. The van der Waals surface area contributed by atoms with Gasteiger partial charge in [-0.3, -0.25) is 9.48 Å². The topological polar surface area (TPSA) is 57.3 Å². The van der Waals surface area contributed by atoms with Gasteiger partial charge in [0.1, 0.15) is 11.5 Å². The van der Waals surface area contributed by atoms with Crippen LogP contribution < -0.4 is 0 Å². The molecular formula is C12H13ClN2O3. The minimum atomic E-state index is -0.195. The first-order chi connectivity index (χ1) is 8.65. The minimum Gasteiger partial charge on any atom is -0.469 e. The molecule has 0 radical (unpaired) electrons. The summed E-state index contributed by atoms with van der Waals surface area (Å²) < 4.78 is 11.6. The molecule has 0 spiro atoms. The Bertz CT molecular complexity index is 559. The number of rotatable bonds is 5. The molecule has 0 aromatic carbocycles. The number of carbonyl (C=O) groups excluding carboxylic acids is 1. The lowest BCUT2D eigenvalue weighted by atomic mass is 10.1. The number of ether oxygens (including phenoxy) is 1. The van der Waals surface area contributed by atoms with Crippen LogP contribution >= 0.6 is 11.6 Å². The Morgan fingerprint density at radius 3 is 3.00 bits per heavy atom. The van der Waals surface area contributed by atoms with Gasteiger partial charge in [-0.1, -0.05) is 11.6 Å². The molecule has 2 aromatic heterocycles. The molecule has 0 N–H and O–H groups in total. The Kier molecular flexibility index (Phi) is 3.84. The molecule has 0 unspecified atom stereocenters. The highest BCUT2D eigenvalue weighted by Gasteiger charge is 2.21. The van der Waals surface area contributed by atoms with Gasteiger partial charge in [-0.2, -0.15) is 5.10 Å². The number of aromatic nitrogens is 2. The van der Waals surface area contributed by atoms with Crippen LogP contribution in [0.1, 0.15) is 21.8 Å². The van der Waals surface area contributed by atoms with Crippen molar-refractivity contribution in [2.24, 2.45) is 0 Å². The summed E-state index contributed by atoms with van der Waals surface area (Å²) in [5.41, 5.74) is 0.856. The number of hydrogen-bond donors (Lipinski definition) is 0. The van der Waals surface area contributed by atoms with Crippen LogP contribution in [0.25, 0.3) is 0 Å². The Balaban J connectivity index is 2.35. The lowest BCUT2D eigenvalue weighted by Gasteiger charge is -2.06. The molecule has 0 aliphatic rings. The average molecular weight is 269 g/mol. The molecule has 2 rings (SSSR count). The second-order valence-electron chi connectivity index (χ2n) is 3.78. The molecule has 0 atom stereocenters. The Morgan fingerprint density at radius 1 is 1.61 bits per heavy atom. The van der Waals surface area contributed by atoms with Crippen molar-refractivity contribution in [2.45, 2.75) is 13.5 Å². The zero-order valence-corrected chi connectivity index (χ0v) is 10.9. The monoisotopic (exact) mass is 268 g/mol. The van der Waals surface area contributed by atoms with Crippen LogP contribution in [0.2, 0.25) is 5.02 Å². The number of carbonyl (C=O) groups is 1. The van der Waals surface area contributed by atoms with Crippen LogP contribution in [0.3, 0.4) is 0 Å². The molecular weight excluding hydrogens is 256 g/mol. The number of methoxy groups -OCH3 is 1. The van der Waals surface area contributed by atoms with Gasteiger partial charge < -0.3 is 9.15 Å². The first kappa shape index (κ1) is 12.9. The van der Waals surface area contributed by atoms with E-state index in [1.165, 1.54) is 12.5 Å². The average Bonchev–Trinajstić information content (AvgIpc) is 2.92. The van der Waals surface area contributed by atoms with Gasteiger partial charge in [0.25, 0.3) is 0 Å². The zero-order chi connectivity index (χ0) is 13.1. The van der Waals surface area contributed by atoms with E-state index in [-0.39, 0.29) is 5.78 Å². The highest BCUT2D eigenvalue weighted by molar-refractivity contribution is 6.34. The van der Waals surface area contributed by atoms with Crippen molar-refractivity contribution in [1.29, 1.82) is 0 Å². The third-order valence-electron chi connectivity index (χ3n) is 2.62. The standard InChI is InChI=1S/C12H13ClN2O3/c1-8-9(3-5-18-8)12(16)11-10(13)7-14-15(11)4-6-17-2/h3,5,7H,4,6H2,1-2H3. The predicted molar refractivity (Wildman–Crippen MR) is 66.0 cm³/mol. The van der Waals surface area contributed by atoms with Crippen molar-refractivity contribution < 1.29 is 13.9 Å². The summed E-state index contributed by atoms with van der Waals surface area (Å²) in [5, 5.41) is 4.40. The molecule has 6 heteroatoms. The van der Waals surface area contributed by atoms with Crippen LogP contribution in [0, 0.1) is 6.92 Å². The van der Waals surface area contributed by atoms with Crippen molar-refractivity contribution >= 4 is 17.4 Å². The smallest absolute Gasteiger partial charge is 0.216 e. The van der Waals surface area contributed by atoms with E-state index in [9.17, 15) is 4.79 Å². The molecule has 2 heterocycles. The lowest BCUT2D eigenvalue weighted by Crippen LogP contribution is -2.14. The van der Waals surface area contributed by atoms with Crippen LogP contribution in [-0.4, -0.2) is 29.3 Å². The van der Waals surface area contributed by atoms with E-state index < -0.39 is 0 Å². The highest BCUT2D eigenvalue weighted by atomic mass is 35.5.